The van der Waals surface area contributed by atoms with E-state index >= 15 is 0 Å². The minimum absolute atomic E-state index is 0.0115. The van der Waals surface area contributed by atoms with Gasteiger partial charge in [0.2, 0.25) is 0 Å². The van der Waals surface area contributed by atoms with Gasteiger partial charge in [-0.15, -0.1) is 13.2 Å². The SMILES string of the molecule is CCCc1ccc(-c2ccc(OCC(F)(F)Oc3ccc(OC(F)(F)F)c(F)c3)cc2)c(F)c1F. The normalized spacial score (nSPS) is 11.9. The van der Waals surface area contributed by atoms with Gasteiger partial charge in [-0.2, -0.15) is 8.78 Å². The number of halogens is 8. The van der Waals surface area contributed by atoms with Crippen LogP contribution in [-0.2, 0) is 6.42 Å². The third-order valence-corrected chi connectivity index (χ3v) is 4.65. The van der Waals surface area contributed by atoms with Gasteiger partial charge in [0.1, 0.15) is 11.5 Å². The first-order valence-corrected chi connectivity index (χ1v) is 10.2. The minimum Gasteiger partial charge on any atom is -0.483 e. The second-order valence-corrected chi connectivity index (χ2v) is 7.34. The van der Waals surface area contributed by atoms with Crippen LogP contribution in [0.5, 0.6) is 17.2 Å². The third kappa shape index (κ3) is 7.00. The Hall–Kier alpha value is -3.50. The number of benzene rings is 3. The lowest BCUT2D eigenvalue weighted by molar-refractivity contribution is -0.275. The summed E-state index contributed by atoms with van der Waals surface area (Å²) in [6, 6.07) is 9.58. The van der Waals surface area contributed by atoms with E-state index in [0.717, 1.165) is 0 Å². The Morgan fingerprint density at radius 3 is 2.00 bits per heavy atom. The first kappa shape index (κ1) is 26.1. The highest BCUT2D eigenvalue weighted by Gasteiger charge is 2.35. The van der Waals surface area contributed by atoms with Crippen LogP contribution in [0, 0.1) is 17.5 Å². The van der Waals surface area contributed by atoms with Gasteiger partial charge in [0.05, 0.1) is 0 Å². The average molecular weight is 506 g/mol. The Morgan fingerprint density at radius 1 is 0.743 bits per heavy atom. The zero-order valence-corrected chi connectivity index (χ0v) is 18.1. The lowest BCUT2D eigenvalue weighted by atomic mass is 10.0. The molecule has 11 heteroatoms. The second kappa shape index (κ2) is 10.4. The van der Waals surface area contributed by atoms with Crippen LogP contribution in [0.1, 0.15) is 18.9 Å². The molecule has 0 saturated carbocycles. The molecule has 3 aromatic carbocycles. The van der Waals surface area contributed by atoms with Crippen LogP contribution < -0.4 is 14.2 Å². The van der Waals surface area contributed by atoms with Crippen molar-refractivity contribution >= 4 is 0 Å². The molecule has 0 radical (unpaired) electrons. The zero-order valence-electron chi connectivity index (χ0n) is 18.1. The van der Waals surface area contributed by atoms with Crippen molar-refractivity contribution in [1.29, 1.82) is 0 Å². The first-order chi connectivity index (χ1) is 16.4. The predicted octanol–water partition coefficient (Wildman–Crippen LogP) is 7.67. The molecule has 35 heavy (non-hydrogen) atoms. The van der Waals surface area contributed by atoms with E-state index in [-0.39, 0.29) is 22.4 Å². The maximum Gasteiger partial charge on any atom is 0.573 e. The summed E-state index contributed by atoms with van der Waals surface area (Å²) in [4.78, 5) is 0. The molecule has 0 amide bonds. The average Bonchev–Trinajstić information content (AvgIpc) is 2.77. The van der Waals surface area contributed by atoms with Crippen molar-refractivity contribution in [2.45, 2.75) is 32.2 Å². The van der Waals surface area contributed by atoms with Crippen molar-refractivity contribution in [3.8, 4) is 28.4 Å². The van der Waals surface area contributed by atoms with E-state index in [9.17, 15) is 35.1 Å². The number of alkyl halides is 5. The fourth-order valence-electron chi connectivity index (χ4n) is 3.13. The molecule has 0 bridgehead atoms. The van der Waals surface area contributed by atoms with Crippen LogP contribution in [0.25, 0.3) is 11.1 Å². The van der Waals surface area contributed by atoms with Crippen LogP contribution in [0.2, 0.25) is 0 Å². The van der Waals surface area contributed by atoms with Crippen molar-refractivity contribution in [3.05, 3.63) is 77.6 Å². The van der Waals surface area contributed by atoms with Crippen LogP contribution in [-0.4, -0.2) is 19.1 Å². The van der Waals surface area contributed by atoms with Crippen molar-refractivity contribution in [1.82, 2.24) is 0 Å². The molecule has 0 saturated heterocycles. The minimum atomic E-state index is -5.16. The van der Waals surface area contributed by atoms with Crippen molar-refractivity contribution in [3.63, 3.8) is 0 Å². The van der Waals surface area contributed by atoms with Crippen LogP contribution in [0.3, 0.4) is 0 Å². The summed E-state index contributed by atoms with van der Waals surface area (Å²) in [6.45, 7) is 0.504. The smallest absolute Gasteiger partial charge is 0.483 e. The molecule has 188 valence electrons. The highest BCUT2D eigenvalue weighted by Crippen LogP contribution is 2.32. The van der Waals surface area contributed by atoms with Gasteiger partial charge in [0, 0.05) is 11.6 Å². The lowest BCUT2D eigenvalue weighted by Crippen LogP contribution is -2.32. The molecule has 3 aromatic rings. The molecule has 0 spiro atoms. The number of rotatable bonds is 9. The Labute approximate surface area is 194 Å². The summed E-state index contributed by atoms with van der Waals surface area (Å²) < 4.78 is 120. The molecule has 0 aliphatic heterocycles. The van der Waals surface area contributed by atoms with Gasteiger partial charge in [-0.25, -0.2) is 13.2 Å². The molecule has 0 aliphatic carbocycles. The lowest BCUT2D eigenvalue weighted by Gasteiger charge is -2.19. The Bertz CT molecular complexity index is 1160. The molecule has 0 aliphatic rings. The Balaban J connectivity index is 1.63. The quantitative estimate of drug-likeness (QED) is 0.279. The van der Waals surface area contributed by atoms with Crippen molar-refractivity contribution < 1.29 is 49.3 Å². The molecule has 3 nitrogen and oxygen atoms in total. The van der Waals surface area contributed by atoms with E-state index in [1.165, 1.54) is 36.4 Å². The number of hydrogen-bond acceptors (Lipinski definition) is 3. The van der Waals surface area contributed by atoms with Crippen molar-refractivity contribution in [2.24, 2.45) is 0 Å². The first-order valence-electron chi connectivity index (χ1n) is 10.2. The number of ether oxygens (including phenoxy) is 3. The summed E-state index contributed by atoms with van der Waals surface area (Å²) >= 11 is 0. The summed E-state index contributed by atoms with van der Waals surface area (Å²) in [6.07, 6.45) is -8.12. The fourth-order valence-corrected chi connectivity index (χ4v) is 3.13. The zero-order chi connectivity index (χ0) is 25.8. The third-order valence-electron chi connectivity index (χ3n) is 4.65. The molecule has 0 fully saturated rings. The Morgan fingerprint density at radius 2 is 1.40 bits per heavy atom. The molecule has 0 aromatic heterocycles. The van der Waals surface area contributed by atoms with E-state index in [1.54, 1.807) is 0 Å². The molecule has 0 atom stereocenters. The summed E-state index contributed by atoms with van der Waals surface area (Å²) in [5.74, 6) is -5.55. The standard InChI is InChI=1S/C24H18F8O3/c1-2-3-15-6-10-18(22(27)21(15)26)14-4-7-16(8-5-14)33-13-23(28,29)34-17-9-11-20(19(25)12-17)35-24(30,31)32/h4-12H,2-3,13H2,1H3. The molecule has 0 N–H and O–H groups in total. The van der Waals surface area contributed by atoms with E-state index in [1.807, 2.05) is 6.92 Å². The second-order valence-electron chi connectivity index (χ2n) is 7.34. The van der Waals surface area contributed by atoms with Gasteiger partial charge in [0.25, 0.3) is 0 Å². The van der Waals surface area contributed by atoms with E-state index in [2.05, 4.69) is 9.47 Å². The van der Waals surface area contributed by atoms with E-state index in [0.29, 0.717) is 31.0 Å². The maximum atomic E-state index is 14.4. The van der Waals surface area contributed by atoms with E-state index in [4.69, 9.17) is 4.74 Å². The van der Waals surface area contributed by atoms with Crippen LogP contribution in [0.4, 0.5) is 35.1 Å². The van der Waals surface area contributed by atoms with Gasteiger partial charge in [-0.1, -0.05) is 37.6 Å². The van der Waals surface area contributed by atoms with Gasteiger partial charge in [-0.3, -0.25) is 0 Å². The van der Waals surface area contributed by atoms with Crippen molar-refractivity contribution in [2.75, 3.05) is 6.61 Å². The fraction of sp³-hybridized carbons (Fsp3) is 0.250. The molecule has 0 unspecified atom stereocenters. The molecule has 0 heterocycles. The maximum absolute atomic E-state index is 14.4. The van der Waals surface area contributed by atoms with Crippen LogP contribution >= 0.6 is 0 Å². The van der Waals surface area contributed by atoms with Crippen LogP contribution in [0.15, 0.2) is 54.6 Å². The van der Waals surface area contributed by atoms with Gasteiger partial charge >= 0.3 is 12.5 Å². The van der Waals surface area contributed by atoms with Gasteiger partial charge in [0.15, 0.2) is 29.8 Å². The highest BCUT2D eigenvalue weighted by atomic mass is 19.4. The van der Waals surface area contributed by atoms with E-state index < -0.39 is 48.0 Å². The summed E-state index contributed by atoms with van der Waals surface area (Å²) in [7, 11) is 0. The number of hydrogen-bond donors (Lipinski definition) is 0. The van der Waals surface area contributed by atoms with Gasteiger partial charge < -0.3 is 14.2 Å². The molecular weight excluding hydrogens is 488 g/mol. The summed E-state index contributed by atoms with van der Waals surface area (Å²) in [5, 5.41) is 0. The molecule has 3 rings (SSSR count). The predicted molar refractivity (Wildman–Crippen MR) is 110 cm³/mol. The highest BCUT2D eigenvalue weighted by molar-refractivity contribution is 5.65. The Kier molecular flexibility index (Phi) is 7.76. The topological polar surface area (TPSA) is 27.7 Å². The largest absolute Gasteiger partial charge is 0.573 e. The van der Waals surface area contributed by atoms with Gasteiger partial charge in [-0.05, 0) is 41.8 Å². The molecular formula is C24H18F8O3. The monoisotopic (exact) mass is 506 g/mol. The summed E-state index contributed by atoms with van der Waals surface area (Å²) in [5.41, 5.74) is 0.525. The number of aryl methyl sites for hydroxylation is 1.